The molecule has 0 saturated heterocycles. The number of fused-ring (bicyclic) bond motifs is 1. The third kappa shape index (κ3) is 4.30. The first-order valence-electron chi connectivity index (χ1n) is 9.44. The Morgan fingerprint density at radius 2 is 1.89 bits per heavy atom. The number of oxime groups is 1. The van der Waals surface area contributed by atoms with Crippen molar-refractivity contribution in [2.24, 2.45) is 5.16 Å². The summed E-state index contributed by atoms with van der Waals surface area (Å²) in [4.78, 5) is 12.0. The van der Waals surface area contributed by atoms with Gasteiger partial charge in [0, 0.05) is 23.9 Å². The van der Waals surface area contributed by atoms with E-state index in [0.29, 0.717) is 13.0 Å². The molecule has 0 bridgehead atoms. The molecule has 1 unspecified atom stereocenters. The Morgan fingerprint density at radius 1 is 1.15 bits per heavy atom. The van der Waals surface area contributed by atoms with Gasteiger partial charge in [-0.2, -0.15) is 0 Å². The standard InChI is InChI=1S/C22H26N2O3/c1-2-12-22(15-20(24-26)18-10-6-7-11-19(18)22)13-14-23-21(25)27-16-17-8-4-3-5-9-17/h3-11,26H,2,12-16H2,1H3,(H,23,25). The van der Waals surface area contributed by atoms with Crippen LogP contribution in [0.5, 0.6) is 0 Å². The number of alkyl carbamates (subject to hydrolysis) is 1. The summed E-state index contributed by atoms with van der Waals surface area (Å²) in [6.45, 7) is 2.93. The zero-order valence-corrected chi connectivity index (χ0v) is 15.6. The van der Waals surface area contributed by atoms with Gasteiger partial charge >= 0.3 is 6.09 Å². The molecule has 0 aromatic heterocycles. The van der Waals surface area contributed by atoms with Gasteiger partial charge in [0.05, 0.1) is 5.71 Å². The molecule has 2 aromatic carbocycles. The van der Waals surface area contributed by atoms with Crippen molar-refractivity contribution in [3.05, 3.63) is 71.3 Å². The molecule has 5 nitrogen and oxygen atoms in total. The van der Waals surface area contributed by atoms with Crippen LogP contribution >= 0.6 is 0 Å². The molecule has 0 fully saturated rings. The smallest absolute Gasteiger partial charge is 0.407 e. The Labute approximate surface area is 160 Å². The van der Waals surface area contributed by atoms with Gasteiger partial charge in [-0.25, -0.2) is 4.79 Å². The Kier molecular flexibility index (Phi) is 6.12. The van der Waals surface area contributed by atoms with E-state index in [2.05, 4.69) is 23.5 Å². The lowest BCUT2D eigenvalue weighted by Crippen LogP contribution is -2.32. The van der Waals surface area contributed by atoms with Gasteiger partial charge in [0.25, 0.3) is 0 Å². The predicted molar refractivity (Wildman–Crippen MR) is 105 cm³/mol. The van der Waals surface area contributed by atoms with Crippen molar-refractivity contribution in [1.82, 2.24) is 5.32 Å². The van der Waals surface area contributed by atoms with Crippen LogP contribution in [0.1, 0.15) is 49.3 Å². The summed E-state index contributed by atoms with van der Waals surface area (Å²) < 4.78 is 5.28. The van der Waals surface area contributed by atoms with Crippen LogP contribution in [-0.2, 0) is 16.8 Å². The van der Waals surface area contributed by atoms with Crippen molar-refractivity contribution in [2.75, 3.05) is 6.54 Å². The number of ether oxygens (including phenoxy) is 1. The van der Waals surface area contributed by atoms with Crippen LogP contribution in [-0.4, -0.2) is 23.6 Å². The number of hydrogen-bond donors (Lipinski definition) is 2. The van der Waals surface area contributed by atoms with E-state index in [1.807, 2.05) is 48.5 Å². The van der Waals surface area contributed by atoms with Gasteiger partial charge in [0.2, 0.25) is 0 Å². The predicted octanol–water partition coefficient (Wildman–Crippen LogP) is 4.62. The van der Waals surface area contributed by atoms with Gasteiger partial charge in [-0.1, -0.05) is 73.1 Å². The highest BCUT2D eigenvalue weighted by Gasteiger charge is 2.41. The fraction of sp³-hybridized carbons (Fsp3) is 0.364. The van der Waals surface area contributed by atoms with Crippen molar-refractivity contribution in [2.45, 2.75) is 44.6 Å². The van der Waals surface area contributed by atoms with Crippen LogP contribution in [0.4, 0.5) is 4.79 Å². The Bertz CT molecular complexity index is 804. The number of nitrogens with one attached hydrogen (secondary N) is 1. The number of amides is 1. The number of carbonyl (C=O) groups excluding carboxylic acids is 1. The van der Waals surface area contributed by atoms with E-state index in [9.17, 15) is 10.0 Å². The van der Waals surface area contributed by atoms with Gasteiger partial charge < -0.3 is 15.3 Å². The van der Waals surface area contributed by atoms with Crippen LogP contribution in [0.3, 0.4) is 0 Å². The lowest BCUT2D eigenvalue weighted by Gasteiger charge is -2.30. The Morgan fingerprint density at radius 3 is 2.63 bits per heavy atom. The minimum Gasteiger partial charge on any atom is -0.445 e. The van der Waals surface area contributed by atoms with Gasteiger partial charge in [-0.3, -0.25) is 0 Å². The minimum atomic E-state index is -0.409. The molecule has 1 aliphatic rings. The zero-order valence-electron chi connectivity index (χ0n) is 15.6. The molecule has 1 aliphatic carbocycles. The fourth-order valence-electron chi connectivity index (χ4n) is 4.03. The van der Waals surface area contributed by atoms with E-state index < -0.39 is 6.09 Å². The van der Waals surface area contributed by atoms with Crippen LogP contribution in [0.2, 0.25) is 0 Å². The average molecular weight is 366 g/mol. The zero-order chi connectivity index (χ0) is 19.1. The quantitative estimate of drug-likeness (QED) is 0.555. The highest BCUT2D eigenvalue weighted by Crippen LogP contribution is 2.44. The van der Waals surface area contributed by atoms with E-state index in [1.165, 1.54) is 5.56 Å². The monoisotopic (exact) mass is 366 g/mol. The summed E-state index contributed by atoms with van der Waals surface area (Å²) >= 11 is 0. The molecule has 0 heterocycles. The third-order valence-electron chi connectivity index (χ3n) is 5.25. The van der Waals surface area contributed by atoms with E-state index in [1.54, 1.807) is 0 Å². The van der Waals surface area contributed by atoms with Gasteiger partial charge in [-0.05, 0) is 24.0 Å². The van der Waals surface area contributed by atoms with Crippen LogP contribution in [0, 0.1) is 0 Å². The van der Waals surface area contributed by atoms with E-state index in [0.717, 1.165) is 36.1 Å². The Balaban J connectivity index is 1.60. The number of hydrogen-bond acceptors (Lipinski definition) is 4. The molecular formula is C22H26N2O3. The second-order valence-corrected chi connectivity index (χ2v) is 7.04. The first kappa shape index (κ1) is 19.0. The minimum absolute atomic E-state index is 0.111. The molecule has 0 spiro atoms. The SMILES string of the molecule is CCCC1(CCNC(=O)OCc2ccccc2)CC(=NO)c2ccccc21. The highest BCUT2D eigenvalue weighted by atomic mass is 16.5. The molecule has 5 heteroatoms. The molecule has 0 radical (unpaired) electrons. The van der Waals surface area contributed by atoms with Crippen molar-refractivity contribution in [1.29, 1.82) is 0 Å². The van der Waals surface area contributed by atoms with Crippen LogP contribution < -0.4 is 5.32 Å². The largest absolute Gasteiger partial charge is 0.445 e. The molecule has 3 rings (SSSR count). The van der Waals surface area contributed by atoms with Crippen LogP contribution in [0.15, 0.2) is 59.8 Å². The Hall–Kier alpha value is -2.82. The highest BCUT2D eigenvalue weighted by molar-refractivity contribution is 6.05. The number of carbonyl (C=O) groups is 1. The molecule has 0 saturated carbocycles. The lowest BCUT2D eigenvalue weighted by atomic mass is 9.75. The summed E-state index contributed by atoms with van der Waals surface area (Å²) in [7, 11) is 0. The van der Waals surface area contributed by atoms with E-state index >= 15 is 0 Å². The molecular weight excluding hydrogens is 340 g/mol. The average Bonchev–Trinajstić information content (AvgIpc) is 3.02. The number of rotatable bonds is 7. The number of nitrogens with zero attached hydrogens (tertiary/aromatic N) is 1. The first-order valence-corrected chi connectivity index (χ1v) is 9.44. The molecule has 1 amide bonds. The van der Waals surface area contributed by atoms with E-state index in [4.69, 9.17) is 4.74 Å². The van der Waals surface area contributed by atoms with Gasteiger partial charge in [-0.15, -0.1) is 0 Å². The fourth-order valence-corrected chi connectivity index (χ4v) is 4.03. The second-order valence-electron chi connectivity index (χ2n) is 7.04. The molecule has 142 valence electrons. The van der Waals surface area contributed by atoms with Crippen molar-refractivity contribution < 1.29 is 14.7 Å². The maximum Gasteiger partial charge on any atom is 0.407 e. The normalized spacial score (nSPS) is 19.7. The first-order chi connectivity index (χ1) is 13.2. The topological polar surface area (TPSA) is 70.9 Å². The molecule has 2 aromatic rings. The maximum atomic E-state index is 12.0. The third-order valence-corrected chi connectivity index (χ3v) is 5.25. The van der Waals surface area contributed by atoms with Crippen molar-refractivity contribution in [3.63, 3.8) is 0 Å². The molecule has 2 N–H and O–H groups in total. The number of benzene rings is 2. The summed E-state index contributed by atoms with van der Waals surface area (Å²) in [5.74, 6) is 0. The molecule has 1 atom stereocenters. The summed E-state index contributed by atoms with van der Waals surface area (Å²) in [5.41, 5.74) is 3.80. The summed E-state index contributed by atoms with van der Waals surface area (Å²) in [6, 6.07) is 17.7. The summed E-state index contributed by atoms with van der Waals surface area (Å²) in [5, 5.41) is 15.8. The molecule has 0 aliphatic heterocycles. The van der Waals surface area contributed by atoms with Crippen LogP contribution in [0.25, 0.3) is 0 Å². The molecule has 27 heavy (non-hydrogen) atoms. The summed E-state index contributed by atoms with van der Waals surface area (Å²) in [6.07, 6.45) is 3.05. The van der Waals surface area contributed by atoms with Gasteiger partial charge in [0.1, 0.15) is 6.61 Å². The van der Waals surface area contributed by atoms with Crippen molar-refractivity contribution >= 4 is 11.8 Å². The van der Waals surface area contributed by atoms with E-state index in [-0.39, 0.29) is 12.0 Å². The maximum absolute atomic E-state index is 12.0. The lowest BCUT2D eigenvalue weighted by molar-refractivity contribution is 0.138. The van der Waals surface area contributed by atoms with Crippen molar-refractivity contribution in [3.8, 4) is 0 Å². The second kappa shape index (κ2) is 8.71. The van der Waals surface area contributed by atoms with Gasteiger partial charge in [0.15, 0.2) is 0 Å².